The Kier molecular flexibility index (Phi) is 3.79. The molecule has 0 atom stereocenters. The summed E-state index contributed by atoms with van der Waals surface area (Å²) < 4.78 is 2.21. The van der Waals surface area contributed by atoms with Crippen LogP contribution in [-0.2, 0) is 13.1 Å². The zero-order valence-corrected chi connectivity index (χ0v) is 10.9. The van der Waals surface area contributed by atoms with E-state index >= 15 is 0 Å². The molecule has 0 bridgehead atoms. The van der Waals surface area contributed by atoms with Crippen molar-refractivity contribution in [3.63, 3.8) is 0 Å². The van der Waals surface area contributed by atoms with Gasteiger partial charge in [0.1, 0.15) is 5.65 Å². The number of nitrogens with one attached hydrogen (secondary N) is 1. The Morgan fingerprint density at radius 3 is 2.94 bits per heavy atom. The van der Waals surface area contributed by atoms with Gasteiger partial charge in [-0.3, -0.25) is 0 Å². The van der Waals surface area contributed by atoms with Crippen molar-refractivity contribution in [1.82, 2.24) is 14.9 Å². The van der Waals surface area contributed by atoms with E-state index in [4.69, 9.17) is 0 Å². The molecule has 0 aliphatic rings. The number of fused-ring (bicyclic) bond motifs is 1. The van der Waals surface area contributed by atoms with Crippen LogP contribution in [0.3, 0.4) is 0 Å². The Balaban J connectivity index is 2.22. The molecule has 92 valence electrons. The van der Waals surface area contributed by atoms with Gasteiger partial charge in [-0.1, -0.05) is 13.8 Å². The summed E-state index contributed by atoms with van der Waals surface area (Å²) in [7, 11) is 0. The fourth-order valence-corrected chi connectivity index (χ4v) is 2.07. The van der Waals surface area contributed by atoms with Crippen LogP contribution < -0.4 is 5.32 Å². The van der Waals surface area contributed by atoms with Crippen molar-refractivity contribution >= 4 is 11.0 Å². The second-order valence-electron chi connectivity index (χ2n) is 4.84. The van der Waals surface area contributed by atoms with Crippen LogP contribution in [0.25, 0.3) is 11.0 Å². The maximum absolute atomic E-state index is 4.45. The van der Waals surface area contributed by atoms with Gasteiger partial charge in [0.05, 0.1) is 0 Å². The van der Waals surface area contributed by atoms with Crippen LogP contribution >= 0.6 is 0 Å². The molecule has 17 heavy (non-hydrogen) atoms. The highest BCUT2D eigenvalue weighted by Crippen LogP contribution is 2.19. The lowest BCUT2D eigenvalue weighted by molar-refractivity contribution is 0.552. The molecule has 2 aromatic heterocycles. The maximum atomic E-state index is 4.45. The second-order valence-corrected chi connectivity index (χ2v) is 4.84. The summed E-state index contributed by atoms with van der Waals surface area (Å²) in [6.45, 7) is 9.55. The first-order chi connectivity index (χ1) is 8.22. The van der Waals surface area contributed by atoms with Crippen molar-refractivity contribution in [3.8, 4) is 0 Å². The molecule has 1 N–H and O–H groups in total. The van der Waals surface area contributed by atoms with Gasteiger partial charge in [0.2, 0.25) is 0 Å². The molecule has 0 spiro atoms. The van der Waals surface area contributed by atoms with E-state index in [1.54, 1.807) is 0 Å². The number of rotatable bonds is 5. The van der Waals surface area contributed by atoms with Gasteiger partial charge in [-0.05, 0) is 37.1 Å². The molecule has 3 heteroatoms. The van der Waals surface area contributed by atoms with E-state index in [1.807, 2.05) is 12.3 Å². The summed E-state index contributed by atoms with van der Waals surface area (Å²) in [6, 6.07) is 4.16. The van der Waals surface area contributed by atoms with Crippen LogP contribution in [0.2, 0.25) is 0 Å². The zero-order chi connectivity index (χ0) is 12.3. The van der Waals surface area contributed by atoms with E-state index in [0.717, 1.165) is 25.3 Å². The second kappa shape index (κ2) is 5.32. The standard InChI is InChI=1S/C14H21N3/c1-4-17-10-12(9-15-8-11(2)3)13-6-5-7-16-14(13)17/h5-7,10-11,15H,4,8-9H2,1-3H3. The van der Waals surface area contributed by atoms with Crippen molar-refractivity contribution in [2.24, 2.45) is 5.92 Å². The molecule has 0 fully saturated rings. The average Bonchev–Trinajstić information content (AvgIpc) is 2.68. The van der Waals surface area contributed by atoms with Gasteiger partial charge < -0.3 is 9.88 Å². The fourth-order valence-electron chi connectivity index (χ4n) is 2.07. The third-order valence-corrected chi connectivity index (χ3v) is 2.93. The van der Waals surface area contributed by atoms with Crippen molar-refractivity contribution in [1.29, 1.82) is 0 Å². The van der Waals surface area contributed by atoms with Crippen LogP contribution in [-0.4, -0.2) is 16.1 Å². The Morgan fingerprint density at radius 1 is 1.41 bits per heavy atom. The predicted octanol–water partition coefficient (Wildman–Crippen LogP) is 2.80. The number of hydrogen-bond donors (Lipinski definition) is 1. The SMILES string of the molecule is CCn1cc(CNCC(C)C)c2cccnc21. The third-order valence-electron chi connectivity index (χ3n) is 2.93. The van der Waals surface area contributed by atoms with Gasteiger partial charge in [-0.2, -0.15) is 0 Å². The summed E-state index contributed by atoms with van der Waals surface area (Å²) >= 11 is 0. The minimum absolute atomic E-state index is 0.688. The van der Waals surface area contributed by atoms with E-state index in [9.17, 15) is 0 Å². The lowest BCUT2D eigenvalue weighted by Crippen LogP contribution is -2.18. The van der Waals surface area contributed by atoms with Crippen LogP contribution in [0, 0.1) is 5.92 Å². The lowest BCUT2D eigenvalue weighted by atomic mass is 10.2. The van der Waals surface area contributed by atoms with Crippen LogP contribution in [0.5, 0.6) is 0 Å². The molecular weight excluding hydrogens is 210 g/mol. The molecular formula is C14H21N3. The van der Waals surface area contributed by atoms with Crippen LogP contribution in [0.1, 0.15) is 26.3 Å². The van der Waals surface area contributed by atoms with Gasteiger partial charge in [0, 0.05) is 30.9 Å². The summed E-state index contributed by atoms with van der Waals surface area (Å²) in [5, 5.41) is 4.76. The number of pyridine rings is 1. The highest BCUT2D eigenvalue weighted by molar-refractivity contribution is 5.80. The van der Waals surface area contributed by atoms with Crippen molar-refractivity contribution in [2.45, 2.75) is 33.9 Å². The zero-order valence-electron chi connectivity index (χ0n) is 10.9. The average molecular weight is 231 g/mol. The summed E-state index contributed by atoms with van der Waals surface area (Å²) in [4.78, 5) is 4.45. The molecule has 2 rings (SSSR count). The smallest absolute Gasteiger partial charge is 0.140 e. The number of hydrogen-bond acceptors (Lipinski definition) is 2. The summed E-state index contributed by atoms with van der Waals surface area (Å²) in [5.74, 6) is 0.688. The largest absolute Gasteiger partial charge is 0.332 e. The van der Waals surface area contributed by atoms with Crippen molar-refractivity contribution in [2.75, 3.05) is 6.54 Å². The molecule has 0 aromatic carbocycles. The first kappa shape index (κ1) is 12.1. The molecule has 0 aliphatic heterocycles. The van der Waals surface area contributed by atoms with Crippen molar-refractivity contribution < 1.29 is 0 Å². The molecule has 0 aliphatic carbocycles. The normalized spacial score (nSPS) is 11.5. The van der Waals surface area contributed by atoms with E-state index in [-0.39, 0.29) is 0 Å². The van der Waals surface area contributed by atoms with Gasteiger partial charge >= 0.3 is 0 Å². The molecule has 0 saturated carbocycles. The number of nitrogens with zero attached hydrogens (tertiary/aromatic N) is 2. The molecule has 2 aromatic rings. The van der Waals surface area contributed by atoms with Crippen molar-refractivity contribution in [3.05, 3.63) is 30.1 Å². The Bertz CT molecular complexity index is 485. The first-order valence-electron chi connectivity index (χ1n) is 6.35. The van der Waals surface area contributed by atoms with Gasteiger partial charge in [0.25, 0.3) is 0 Å². The Labute approximate surface area is 103 Å². The third kappa shape index (κ3) is 2.67. The van der Waals surface area contributed by atoms with Crippen LogP contribution in [0.4, 0.5) is 0 Å². The van der Waals surface area contributed by atoms with Crippen LogP contribution in [0.15, 0.2) is 24.5 Å². The highest BCUT2D eigenvalue weighted by atomic mass is 15.0. The van der Waals surface area contributed by atoms with Gasteiger partial charge in [-0.15, -0.1) is 0 Å². The monoisotopic (exact) mass is 231 g/mol. The summed E-state index contributed by atoms with van der Waals surface area (Å²) in [5.41, 5.74) is 2.44. The quantitative estimate of drug-likeness (QED) is 0.857. The fraction of sp³-hybridized carbons (Fsp3) is 0.500. The van der Waals surface area contributed by atoms with E-state index < -0.39 is 0 Å². The number of aromatic nitrogens is 2. The topological polar surface area (TPSA) is 29.9 Å². The van der Waals surface area contributed by atoms with E-state index in [2.05, 4.69) is 47.9 Å². The molecule has 0 unspecified atom stereocenters. The Morgan fingerprint density at radius 2 is 2.24 bits per heavy atom. The Hall–Kier alpha value is -1.35. The minimum Gasteiger partial charge on any atom is -0.332 e. The van der Waals surface area contributed by atoms with E-state index in [0.29, 0.717) is 5.92 Å². The molecule has 3 nitrogen and oxygen atoms in total. The molecule has 0 amide bonds. The lowest BCUT2D eigenvalue weighted by Gasteiger charge is -2.06. The van der Waals surface area contributed by atoms with Gasteiger partial charge in [0.15, 0.2) is 0 Å². The molecule has 0 saturated heterocycles. The van der Waals surface area contributed by atoms with E-state index in [1.165, 1.54) is 10.9 Å². The molecule has 2 heterocycles. The first-order valence-corrected chi connectivity index (χ1v) is 6.35. The van der Waals surface area contributed by atoms with Gasteiger partial charge in [-0.25, -0.2) is 4.98 Å². The predicted molar refractivity (Wildman–Crippen MR) is 72.0 cm³/mol. The highest BCUT2D eigenvalue weighted by Gasteiger charge is 2.07. The maximum Gasteiger partial charge on any atom is 0.140 e. The molecule has 0 radical (unpaired) electrons. The minimum atomic E-state index is 0.688. The summed E-state index contributed by atoms with van der Waals surface area (Å²) in [6.07, 6.45) is 4.07. The number of aryl methyl sites for hydroxylation is 1.